The number of hydrogen-bond acceptors (Lipinski definition) is 8. The van der Waals surface area contributed by atoms with Crippen LogP contribution in [-0.2, 0) is 0 Å². The van der Waals surface area contributed by atoms with Gasteiger partial charge < -0.3 is 25.0 Å². The monoisotopic (exact) mass is 394 g/mol. The predicted molar refractivity (Wildman–Crippen MR) is 115 cm³/mol. The molecule has 2 N–H and O–H groups in total. The molecule has 0 aliphatic rings. The number of rotatable bonds is 9. The Balaban J connectivity index is 1.92. The molecule has 1 aromatic carbocycles. The van der Waals surface area contributed by atoms with Crippen molar-refractivity contribution in [3.8, 4) is 22.8 Å². The molecule has 0 aliphatic heterocycles. The maximum atomic E-state index is 5.48. The summed E-state index contributed by atoms with van der Waals surface area (Å²) in [4.78, 5) is 15.5. The zero-order valence-electron chi connectivity index (χ0n) is 17.1. The molecule has 0 aliphatic carbocycles. The quantitative estimate of drug-likeness (QED) is 0.572. The third-order valence-corrected chi connectivity index (χ3v) is 4.20. The summed E-state index contributed by atoms with van der Waals surface area (Å²) in [6, 6.07) is 11.3. The van der Waals surface area contributed by atoms with Crippen molar-refractivity contribution in [3.63, 3.8) is 0 Å². The van der Waals surface area contributed by atoms with Gasteiger partial charge in [-0.25, -0.2) is 4.98 Å². The smallest absolute Gasteiger partial charge is 0.225 e. The Morgan fingerprint density at radius 3 is 2.59 bits per heavy atom. The third-order valence-electron chi connectivity index (χ3n) is 4.20. The Morgan fingerprint density at radius 2 is 1.90 bits per heavy atom. The van der Waals surface area contributed by atoms with Crippen LogP contribution in [0.2, 0.25) is 0 Å². The number of benzene rings is 1. The van der Waals surface area contributed by atoms with Gasteiger partial charge in [-0.15, -0.1) is 0 Å². The molecule has 0 unspecified atom stereocenters. The molecule has 2 heterocycles. The van der Waals surface area contributed by atoms with Gasteiger partial charge in [0, 0.05) is 43.2 Å². The van der Waals surface area contributed by atoms with E-state index in [4.69, 9.17) is 9.47 Å². The third kappa shape index (κ3) is 5.55. The van der Waals surface area contributed by atoms with Crippen LogP contribution >= 0.6 is 0 Å². The molecule has 2 aromatic heterocycles. The molecule has 0 saturated heterocycles. The molecule has 3 aromatic rings. The van der Waals surface area contributed by atoms with Crippen molar-refractivity contribution < 1.29 is 9.47 Å². The van der Waals surface area contributed by atoms with Crippen molar-refractivity contribution in [3.05, 3.63) is 48.8 Å². The van der Waals surface area contributed by atoms with Gasteiger partial charge in [0.15, 0.2) is 0 Å². The van der Waals surface area contributed by atoms with E-state index in [1.165, 1.54) is 0 Å². The molecule has 0 bridgehead atoms. The molecule has 0 amide bonds. The van der Waals surface area contributed by atoms with Crippen LogP contribution in [0.4, 0.5) is 17.5 Å². The largest absolute Gasteiger partial charge is 0.497 e. The maximum absolute atomic E-state index is 5.48. The highest BCUT2D eigenvalue weighted by Gasteiger charge is 2.10. The average Bonchev–Trinajstić information content (AvgIpc) is 2.74. The van der Waals surface area contributed by atoms with Crippen LogP contribution in [0.1, 0.15) is 0 Å². The van der Waals surface area contributed by atoms with E-state index in [0.717, 1.165) is 35.8 Å². The first kappa shape index (κ1) is 20.3. The number of nitrogens with one attached hydrogen (secondary N) is 2. The lowest BCUT2D eigenvalue weighted by Crippen LogP contribution is -2.21. The van der Waals surface area contributed by atoms with Gasteiger partial charge >= 0.3 is 0 Å². The van der Waals surface area contributed by atoms with Gasteiger partial charge in [-0.2, -0.15) is 4.98 Å². The lowest BCUT2D eigenvalue weighted by molar-refractivity contribution is 0.395. The normalized spacial score (nSPS) is 10.7. The van der Waals surface area contributed by atoms with Crippen molar-refractivity contribution in [1.82, 2.24) is 19.9 Å². The van der Waals surface area contributed by atoms with E-state index in [0.29, 0.717) is 17.5 Å². The molecule has 3 rings (SSSR count). The molecule has 0 saturated carbocycles. The summed E-state index contributed by atoms with van der Waals surface area (Å²) in [7, 11) is 7.29. The highest BCUT2D eigenvalue weighted by molar-refractivity contribution is 5.70. The van der Waals surface area contributed by atoms with Crippen molar-refractivity contribution in [2.45, 2.75) is 0 Å². The summed E-state index contributed by atoms with van der Waals surface area (Å²) >= 11 is 0. The summed E-state index contributed by atoms with van der Waals surface area (Å²) < 4.78 is 10.7. The first-order chi connectivity index (χ1) is 14.1. The Morgan fingerprint density at radius 1 is 1.03 bits per heavy atom. The number of ether oxygens (including phenoxy) is 2. The molecule has 29 heavy (non-hydrogen) atoms. The molecule has 152 valence electrons. The molecule has 8 heteroatoms. The van der Waals surface area contributed by atoms with Gasteiger partial charge in [0.2, 0.25) is 5.95 Å². The van der Waals surface area contributed by atoms with Gasteiger partial charge in [0.1, 0.15) is 17.3 Å². The number of likely N-dealkylation sites (N-methyl/N-ethyl adjacent to an activating group) is 1. The SMILES string of the molecule is COc1ccc(Nc2cc(-c3cccnc3)nc(NCCN(C)C)n2)c(OC)c1. The molecule has 0 spiro atoms. The zero-order chi connectivity index (χ0) is 20.6. The average molecular weight is 394 g/mol. The lowest BCUT2D eigenvalue weighted by atomic mass is 10.2. The Kier molecular flexibility index (Phi) is 6.80. The predicted octanol–water partition coefficient (Wildman–Crippen LogP) is 3.27. The highest BCUT2D eigenvalue weighted by atomic mass is 16.5. The Labute approximate surface area is 170 Å². The molecule has 8 nitrogen and oxygen atoms in total. The van der Waals surface area contributed by atoms with Crippen LogP contribution in [-0.4, -0.2) is 61.3 Å². The standard InChI is InChI=1S/C21H26N6O2/c1-27(2)11-10-23-21-25-18(15-6-5-9-22-14-15)13-20(26-21)24-17-8-7-16(28-3)12-19(17)29-4/h5-9,12-14H,10-11H2,1-4H3,(H2,23,24,25,26). The molecule has 0 radical (unpaired) electrons. The van der Waals surface area contributed by atoms with E-state index in [-0.39, 0.29) is 0 Å². The number of anilines is 3. The van der Waals surface area contributed by atoms with Crippen LogP contribution in [0.15, 0.2) is 48.8 Å². The fourth-order valence-electron chi connectivity index (χ4n) is 2.68. The van der Waals surface area contributed by atoms with Crippen molar-refractivity contribution in [2.75, 3.05) is 52.0 Å². The van der Waals surface area contributed by atoms with Gasteiger partial charge in [-0.05, 0) is 38.4 Å². The first-order valence-electron chi connectivity index (χ1n) is 9.26. The van der Waals surface area contributed by atoms with Gasteiger partial charge in [0.05, 0.1) is 25.6 Å². The second-order valence-corrected chi connectivity index (χ2v) is 6.62. The Bertz CT molecular complexity index is 934. The highest BCUT2D eigenvalue weighted by Crippen LogP contribution is 2.32. The van der Waals surface area contributed by atoms with Gasteiger partial charge in [0.25, 0.3) is 0 Å². The number of nitrogens with zero attached hydrogens (tertiary/aromatic N) is 4. The van der Waals surface area contributed by atoms with Crippen LogP contribution in [0.5, 0.6) is 11.5 Å². The van der Waals surface area contributed by atoms with E-state index in [9.17, 15) is 0 Å². The topological polar surface area (TPSA) is 84.4 Å². The molecular formula is C21H26N6O2. The summed E-state index contributed by atoms with van der Waals surface area (Å²) in [6.45, 7) is 1.60. The Hall–Kier alpha value is -3.39. The molecular weight excluding hydrogens is 368 g/mol. The van der Waals surface area contributed by atoms with Crippen LogP contribution < -0.4 is 20.1 Å². The summed E-state index contributed by atoms with van der Waals surface area (Å²) in [5.41, 5.74) is 2.47. The first-order valence-corrected chi connectivity index (χ1v) is 9.26. The van der Waals surface area contributed by atoms with E-state index in [1.807, 2.05) is 50.5 Å². The van der Waals surface area contributed by atoms with E-state index >= 15 is 0 Å². The minimum Gasteiger partial charge on any atom is -0.497 e. The minimum atomic E-state index is 0.545. The van der Waals surface area contributed by atoms with Gasteiger partial charge in [-0.3, -0.25) is 4.98 Å². The fraction of sp³-hybridized carbons (Fsp3) is 0.286. The number of hydrogen-bond donors (Lipinski definition) is 2. The summed E-state index contributed by atoms with van der Waals surface area (Å²) in [5.74, 6) is 2.57. The minimum absolute atomic E-state index is 0.545. The second-order valence-electron chi connectivity index (χ2n) is 6.62. The van der Waals surface area contributed by atoms with E-state index in [1.54, 1.807) is 26.6 Å². The fourth-order valence-corrected chi connectivity index (χ4v) is 2.68. The number of pyridine rings is 1. The van der Waals surface area contributed by atoms with Crippen LogP contribution in [0.25, 0.3) is 11.3 Å². The number of aromatic nitrogens is 3. The second kappa shape index (κ2) is 9.70. The number of methoxy groups -OCH3 is 2. The lowest BCUT2D eigenvalue weighted by Gasteiger charge is -2.15. The van der Waals surface area contributed by atoms with Crippen molar-refractivity contribution >= 4 is 17.5 Å². The van der Waals surface area contributed by atoms with Crippen LogP contribution in [0, 0.1) is 0 Å². The van der Waals surface area contributed by atoms with E-state index < -0.39 is 0 Å². The van der Waals surface area contributed by atoms with Crippen molar-refractivity contribution in [1.29, 1.82) is 0 Å². The maximum Gasteiger partial charge on any atom is 0.225 e. The molecule has 0 atom stereocenters. The summed E-state index contributed by atoms with van der Waals surface area (Å²) in [6.07, 6.45) is 3.52. The zero-order valence-corrected chi connectivity index (χ0v) is 17.1. The molecule has 0 fully saturated rings. The van der Waals surface area contributed by atoms with E-state index in [2.05, 4.69) is 30.5 Å². The van der Waals surface area contributed by atoms with Gasteiger partial charge in [-0.1, -0.05) is 0 Å². The van der Waals surface area contributed by atoms with Crippen LogP contribution in [0.3, 0.4) is 0 Å². The summed E-state index contributed by atoms with van der Waals surface area (Å²) in [5, 5.41) is 6.61. The van der Waals surface area contributed by atoms with Crippen molar-refractivity contribution in [2.24, 2.45) is 0 Å².